The van der Waals surface area contributed by atoms with Gasteiger partial charge in [0.2, 0.25) is 0 Å². The summed E-state index contributed by atoms with van der Waals surface area (Å²) in [4.78, 5) is 23.6. The number of aryl methyl sites for hydroxylation is 1. The molecule has 0 unspecified atom stereocenters. The number of hydrogen-bond donors (Lipinski definition) is 0. The Kier molecular flexibility index (Phi) is 4.61. The lowest BCUT2D eigenvalue weighted by atomic mass is 10.1. The van der Waals surface area contributed by atoms with E-state index in [0.717, 1.165) is 23.5 Å². The second-order valence-corrected chi connectivity index (χ2v) is 6.54. The van der Waals surface area contributed by atoms with Crippen LogP contribution in [0.15, 0.2) is 30.5 Å². The predicted molar refractivity (Wildman–Crippen MR) is 93.4 cm³/mol. The van der Waals surface area contributed by atoms with Gasteiger partial charge in [-0.05, 0) is 26.0 Å². The Morgan fingerprint density at radius 3 is 2.64 bits per heavy atom. The maximum absolute atomic E-state index is 13.0. The van der Waals surface area contributed by atoms with E-state index in [1.165, 1.54) is 0 Å². The standard InChI is InChI=1S/C19H23N3O3/c1-5-17-20-10-13-11-22(12-14(13)21-17)18(23)19(2,3)25-16-9-7-6-8-15(16)24-4/h6-10H,5,11-12H2,1-4H3. The minimum atomic E-state index is -1.02. The summed E-state index contributed by atoms with van der Waals surface area (Å²) in [5.41, 5.74) is 0.907. The second kappa shape index (κ2) is 6.70. The van der Waals surface area contributed by atoms with E-state index in [1.807, 2.05) is 31.3 Å². The molecule has 6 nitrogen and oxygen atoms in total. The third-order valence-corrected chi connectivity index (χ3v) is 4.26. The van der Waals surface area contributed by atoms with E-state index in [1.54, 1.807) is 31.9 Å². The van der Waals surface area contributed by atoms with Crippen LogP contribution in [-0.2, 0) is 24.3 Å². The highest BCUT2D eigenvalue weighted by Gasteiger charge is 2.38. The van der Waals surface area contributed by atoms with Crippen molar-refractivity contribution in [3.8, 4) is 11.5 Å². The molecule has 3 rings (SSSR count). The zero-order valence-corrected chi connectivity index (χ0v) is 15.1. The van der Waals surface area contributed by atoms with E-state index >= 15 is 0 Å². The molecule has 25 heavy (non-hydrogen) atoms. The maximum Gasteiger partial charge on any atom is 0.266 e. The molecule has 0 bridgehead atoms. The van der Waals surface area contributed by atoms with Crippen LogP contribution in [0.2, 0.25) is 0 Å². The molecule has 0 radical (unpaired) electrons. The molecule has 0 fully saturated rings. The van der Waals surface area contributed by atoms with Gasteiger partial charge in [0.1, 0.15) is 5.82 Å². The van der Waals surface area contributed by atoms with Crippen LogP contribution in [-0.4, -0.2) is 33.5 Å². The van der Waals surface area contributed by atoms with Crippen LogP contribution in [0, 0.1) is 0 Å². The molecule has 2 heterocycles. The minimum absolute atomic E-state index is 0.0885. The van der Waals surface area contributed by atoms with Crippen LogP contribution in [0.25, 0.3) is 0 Å². The number of nitrogens with zero attached hydrogens (tertiary/aromatic N) is 3. The molecule has 1 aliphatic rings. The summed E-state index contributed by atoms with van der Waals surface area (Å²) in [5, 5.41) is 0. The van der Waals surface area contributed by atoms with Gasteiger partial charge in [0, 0.05) is 24.7 Å². The molecule has 1 aromatic carbocycles. The summed E-state index contributed by atoms with van der Waals surface area (Å²) >= 11 is 0. The Balaban J connectivity index is 1.76. The van der Waals surface area contributed by atoms with Crippen LogP contribution < -0.4 is 9.47 Å². The Morgan fingerprint density at radius 2 is 1.96 bits per heavy atom. The zero-order valence-electron chi connectivity index (χ0n) is 15.1. The van der Waals surface area contributed by atoms with E-state index in [2.05, 4.69) is 9.97 Å². The van der Waals surface area contributed by atoms with Crippen LogP contribution in [0.4, 0.5) is 0 Å². The average Bonchev–Trinajstić information content (AvgIpc) is 3.04. The highest BCUT2D eigenvalue weighted by Crippen LogP contribution is 2.31. The number of amides is 1. The molecule has 0 atom stereocenters. The summed E-state index contributed by atoms with van der Waals surface area (Å²) in [5.74, 6) is 1.87. The van der Waals surface area contributed by atoms with E-state index in [0.29, 0.717) is 24.6 Å². The number of hydrogen-bond acceptors (Lipinski definition) is 5. The fourth-order valence-electron chi connectivity index (χ4n) is 2.91. The number of fused-ring (bicyclic) bond motifs is 1. The molecule has 0 aliphatic carbocycles. The fourth-order valence-corrected chi connectivity index (χ4v) is 2.91. The zero-order chi connectivity index (χ0) is 18.0. The molecule has 0 saturated carbocycles. The third-order valence-electron chi connectivity index (χ3n) is 4.26. The quantitative estimate of drug-likeness (QED) is 0.837. The Morgan fingerprint density at radius 1 is 1.24 bits per heavy atom. The molecule has 6 heteroatoms. The smallest absolute Gasteiger partial charge is 0.266 e. The number of aromatic nitrogens is 2. The number of carbonyl (C=O) groups excluding carboxylic acids is 1. The van der Waals surface area contributed by atoms with Crippen molar-refractivity contribution in [1.82, 2.24) is 14.9 Å². The normalized spacial score (nSPS) is 13.5. The van der Waals surface area contributed by atoms with Crippen molar-refractivity contribution in [2.75, 3.05) is 7.11 Å². The molecule has 1 aliphatic heterocycles. The summed E-state index contributed by atoms with van der Waals surface area (Å²) in [6.07, 6.45) is 2.60. The van der Waals surface area contributed by atoms with Crippen molar-refractivity contribution < 1.29 is 14.3 Å². The number of rotatable bonds is 5. The lowest BCUT2D eigenvalue weighted by Gasteiger charge is -2.30. The molecule has 1 aromatic heterocycles. The number of ether oxygens (including phenoxy) is 2. The lowest BCUT2D eigenvalue weighted by Crippen LogP contribution is -2.47. The predicted octanol–water partition coefficient (Wildman–Crippen LogP) is 2.75. The molecule has 0 saturated heterocycles. The van der Waals surface area contributed by atoms with Gasteiger partial charge in [-0.3, -0.25) is 4.79 Å². The molecule has 1 amide bonds. The third kappa shape index (κ3) is 3.43. The summed E-state index contributed by atoms with van der Waals surface area (Å²) in [7, 11) is 1.58. The van der Waals surface area contributed by atoms with Gasteiger partial charge in [0.05, 0.1) is 19.3 Å². The fraction of sp³-hybridized carbons (Fsp3) is 0.421. The summed E-state index contributed by atoms with van der Waals surface area (Å²) in [6.45, 7) is 6.56. The summed E-state index contributed by atoms with van der Waals surface area (Å²) < 4.78 is 11.3. The molecule has 132 valence electrons. The van der Waals surface area contributed by atoms with Gasteiger partial charge in [-0.25, -0.2) is 9.97 Å². The van der Waals surface area contributed by atoms with Crippen LogP contribution >= 0.6 is 0 Å². The van der Waals surface area contributed by atoms with Crippen molar-refractivity contribution in [2.45, 2.75) is 45.9 Å². The van der Waals surface area contributed by atoms with Crippen LogP contribution in [0.3, 0.4) is 0 Å². The first-order chi connectivity index (χ1) is 11.9. The molecule has 0 spiro atoms. The Labute approximate surface area is 147 Å². The van der Waals surface area contributed by atoms with Crippen molar-refractivity contribution in [3.05, 3.63) is 47.5 Å². The van der Waals surface area contributed by atoms with E-state index < -0.39 is 5.60 Å². The van der Waals surface area contributed by atoms with Crippen molar-refractivity contribution in [3.63, 3.8) is 0 Å². The molecular weight excluding hydrogens is 318 g/mol. The van der Waals surface area contributed by atoms with Crippen LogP contribution in [0.1, 0.15) is 37.9 Å². The summed E-state index contributed by atoms with van der Waals surface area (Å²) in [6, 6.07) is 7.32. The van der Waals surface area contributed by atoms with Gasteiger partial charge in [-0.1, -0.05) is 19.1 Å². The second-order valence-electron chi connectivity index (χ2n) is 6.54. The number of para-hydroxylation sites is 2. The highest BCUT2D eigenvalue weighted by molar-refractivity contribution is 5.85. The van der Waals surface area contributed by atoms with Gasteiger partial charge in [0.15, 0.2) is 17.1 Å². The van der Waals surface area contributed by atoms with E-state index in [4.69, 9.17) is 9.47 Å². The Bertz CT molecular complexity index is 789. The first-order valence-corrected chi connectivity index (χ1v) is 8.39. The minimum Gasteiger partial charge on any atom is -0.493 e. The van der Waals surface area contributed by atoms with Crippen molar-refractivity contribution in [2.24, 2.45) is 0 Å². The topological polar surface area (TPSA) is 64.6 Å². The lowest BCUT2D eigenvalue weighted by molar-refractivity contribution is -0.146. The van der Waals surface area contributed by atoms with Crippen molar-refractivity contribution >= 4 is 5.91 Å². The Hall–Kier alpha value is -2.63. The first kappa shape index (κ1) is 17.2. The number of benzene rings is 1. The molecular formula is C19H23N3O3. The first-order valence-electron chi connectivity index (χ1n) is 8.39. The van der Waals surface area contributed by atoms with Gasteiger partial charge >= 0.3 is 0 Å². The van der Waals surface area contributed by atoms with E-state index in [9.17, 15) is 4.79 Å². The van der Waals surface area contributed by atoms with Gasteiger partial charge in [0.25, 0.3) is 5.91 Å². The van der Waals surface area contributed by atoms with E-state index in [-0.39, 0.29) is 5.91 Å². The molecule has 0 N–H and O–H groups in total. The monoisotopic (exact) mass is 341 g/mol. The number of methoxy groups -OCH3 is 1. The van der Waals surface area contributed by atoms with Gasteiger partial charge < -0.3 is 14.4 Å². The molecule has 2 aromatic rings. The largest absolute Gasteiger partial charge is 0.493 e. The van der Waals surface area contributed by atoms with Crippen LogP contribution in [0.5, 0.6) is 11.5 Å². The SMILES string of the molecule is CCc1ncc2c(n1)CN(C(=O)C(C)(C)Oc1ccccc1OC)C2. The highest BCUT2D eigenvalue weighted by atomic mass is 16.5. The maximum atomic E-state index is 13.0. The average molecular weight is 341 g/mol. The van der Waals surface area contributed by atoms with Gasteiger partial charge in [-0.2, -0.15) is 0 Å². The van der Waals surface area contributed by atoms with Gasteiger partial charge in [-0.15, -0.1) is 0 Å². The van der Waals surface area contributed by atoms with Crippen molar-refractivity contribution in [1.29, 1.82) is 0 Å². The number of carbonyl (C=O) groups is 1.